The van der Waals surface area contributed by atoms with Crippen molar-refractivity contribution in [2.45, 2.75) is 38.4 Å². The van der Waals surface area contributed by atoms with Gasteiger partial charge in [-0.3, -0.25) is 18.7 Å². The maximum absolute atomic E-state index is 13.4. The first-order valence-corrected chi connectivity index (χ1v) is 15.3. The number of ether oxygens (including phenoxy) is 2. The molecule has 1 aromatic heterocycles. The molecule has 0 bridgehead atoms. The van der Waals surface area contributed by atoms with Crippen LogP contribution in [0.25, 0.3) is 0 Å². The summed E-state index contributed by atoms with van der Waals surface area (Å²) in [5.41, 5.74) is 0.861. The Labute approximate surface area is 253 Å². The van der Waals surface area contributed by atoms with Crippen LogP contribution in [0.2, 0.25) is 0 Å². The lowest BCUT2D eigenvalue weighted by Gasteiger charge is -2.49. The minimum Gasteiger partial charge on any atom is -0.541 e. The number of esters is 1. The van der Waals surface area contributed by atoms with Crippen LogP contribution in [-0.4, -0.2) is 81.7 Å². The number of carbonyl (C=O) groups excluding carboxylic acids is 4. The lowest BCUT2D eigenvalue weighted by molar-refractivity contribution is -0.156. The number of aryl methyl sites for hydroxylation is 1. The monoisotopic (exact) mass is 633 g/mol. The van der Waals surface area contributed by atoms with Gasteiger partial charge in [-0.25, -0.2) is 14.6 Å². The van der Waals surface area contributed by atoms with Crippen LogP contribution in [0.5, 0.6) is 5.75 Å². The smallest absolute Gasteiger partial charge is 0.378 e. The summed E-state index contributed by atoms with van der Waals surface area (Å²) in [6, 6.07) is 6.88. The van der Waals surface area contributed by atoms with E-state index in [1.54, 1.807) is 36.6 Å². The zero-order valence-corrected chi connectivity index (χ0v) is 25.1. The van der Waals surface area contributed by atoms with Gasteiger partial charge in [0.15, 0.2) is 11.5 Å². The van der Waals surface area contributed by atoms with Crippen LogP contribution in [0.3, 0.4) is 0 Å². The number of β-lactam (4-membered cyclic amide) rings is 1. The van der Waals surface area contributed by atoms with E-state index in [9.17, 15) is 23.4 Å². The molecular formula is C26H25BClN3O9S2. The van der Waals surface area contributed by atoms with Crippen LogP contribution in [-0.2, 0) is 50.8 Å². The summed E-state index contributed by atoms with van der Waals surface area (Å²) in [6.45, 7) is 2.96. The number of alkyl halides is 1. The highest BCUT2D eigenvalue weighted by molar-refractivity contribution is 7.86. The summed E-state index contributed by atoms with van der Waals surface area (Å²) in [7, 11) is 4.76. The molecule has 220 valence electrons. The lowest BCUT2D eigenvalue weighted by Crippen LogP contribution is -2.66. The number of ketones is 1. The van der Waals surface area contributed by atoms with Gasteiger partial charge in [0.25, 0.3) is 0 Å². The van der Waals surface area contributed by atoms with Gasteiger partial charge in [-0.15, -0.1) is 22.9 Å². The molecule has 0 spiro atoms. The predicted octanol–water partition coefficient (Wildman–Crippen LogP) is 1.94. The highest BCUT2D eigenvalue weighted by Gasteiger charge is 2.57. The number of hydrogen-bond acceptors (Lipinski definition) is 12. The molecule has 1 amide bonds. The average molecular weight is 634 g/mol. The molecular weight excluding hydrogens is 609 g/mol. The first kappa shape index (κ1) is 31.4. The van der Waals surface area contributed by atoms with Crippen molar-refractivity contribution in [1.82, 2.24) is 9.88 Å². The second-order valence-electron chi connectivity index (χ2n) is 9.24. The Kier molecular flexibility index (Phi) is 10.2. The Morgan fingerprint density at radius 3 is 2.60 bits per heavy atom. The lowest BCUT2D eigenvalue weighted by atomic mass is 9.89. The molecule has 1 saturated heterocycles. The van der Waals surface area contributed by atoms with E-state index in [0.717, 1.165) is 4.90 Å². The first-order chi connectivity index (χ1) is 20.1. The SMILES string of the molecule is [B]OC(=O)[C@H](C)O/N=C(\C(=O)C[C@@H]1C(=O)N2C(C(=O)OCc3ccc(OC)cc3)=C(CCl)CS(=O)[C@H]12)c1csc(C)n1. The number of methoxy groups -OCH3 is 1. The molecule has 4 rings (SSSR count). The van der Waals surface area contributed by atoms with Crippen molar-refractivity contribution in [2.75, 3.05) is 18.7 Å². The van der Waals surface area contributed by atoms with Crippen LogP contribution in [0.15, 0.2) is 46.1 Å². The highest BCUT2D eigenvalue weighted by atomic mass is 35.5. The normalized spacial score (nSPS) is 20.8. The number of amides is 1. The van der Waals surface area contributed by atoms with Gasteiger partial charge >= 0.3 is 20.0 Å². The number of benzene rings is 1. The Balaban J connectivity index is 1.52. The maximum atomic E-state index is 13.4. The average Bonchev–Trinajstić information content (AvgIpc) is 3.43. The van der Waals surface area contributed by atoms with E-state index in [0.29, 0.717) is 21.9 Å². The van der Waals surface area contributed by atoms with Crippen molar-refractivity contribution in [2.24, 2.45) is 11.1 Å². The molecule has 2 aliphatic rings. The van der Waals surface area contributed by atoms with Gasteiger partial charge in [-0.2, -0.15) is 0 Å². The molecule has 1 unspecified atom stereocenters. The highest BCUT2D eigenvalue weighted by Crippen LogP contribution is 2.41. The minimum atomic E-state index is -1.65. The molecule has 0 aliphatic carbocycles. The summed E-state index contributed by atoms with van der Waals surface area (Å²) in [5, 5.41) is 5.06. The molecule has 4 atom stereocenters. The van der Waals surface area contributed by atoms with E-state index < -0.39 is 58.2 Å². The summed E-state index contributed by atoms with van der Waals surface area (Å²) >= 11 is 7.32. The molecule has 2 aliphatic heterocycles. The summed E-state index contributed by atoms with van der Waals surface area (Å²) in [5.74, 6) is -3.53. The minimum absolute atomic E-state index is 0.0658. The van der Waals surface area contributed by atoms with Gasteiger partial charge in [0.2, 0.25) is 12.0 Å². The van der Waals surface area contributed by atoms with Crippen LogP contribution in [0.1, 0.15) is 29.6 Å². The van der Waals surface area contributed by atoms with E-state index in [4.69, 9.17) is 34.0 Å². The molecule has 12 nitrogen and oxygen atoms in total. The van der Waals surface area contributed by atoms with Crippen molar-refractivity contribution in [3.05, 3.63) is 57.2 Å². The van der Waals surface area contributed by atoms with Crippen LogP contribution >= 0.6 is 22.9 Å². The number of rotatable bonds is 12. The van der Waals surface area contributed by atoms with E-state index >= 15 is 0 Å². The number of aromatic nitrogens is 1. The fourth-order valence-electron chi connectivity index (χ4n) is 4.31. The quantitative estimate of drug-likeness (QED) is 0.0847. The summed E-state index contributed by atoms with van der Waals surface area (Å²) in [4.78, 5) is 62.0. The third-order valence-electron chi connectivity index (χ3n) is 6.48. The third-order valence-corrected chi connectivity index (χ3v) is 9.29. The van der Waals surface area contributed by atoms with Crippen LogP contribution in [0.4, 0.5) is 0 Å². The third kappa shape index (κ3) is 6.58. The molecule has 1 aromatic carbocycles. The molecule has 0 N–H and O–H groups in total. The van der Waals surface area contributed by atoms with Gasteiger partial charge in [0.05, 0.1) is 23.8 Å². The van der Waals surface area contributed by atoms with Gasteiger partial charge < -0.3 is 19.0 Å². The van der Waals surface area contributed by atoms with Crippen LogP contribution in [0, 0.1) is 12.8 Å². The molecule has 0 saturated carbocycles. The Hall–Kier alpha value is -3.56. The molecule has 42 heavy (non-hydrogen) atoms. The summed E-state index contributed by atoms with van der Waals surface area (Å²) < 4.78 is 27.9. The van der Waals surface area contributed by atoms with E-state index in [1.165, 1.54) is 25.4 Å². The molecule has 2 radical (unpaired) electrons. The maximum Gasteiger partial charge on any atom is 0.378 e. The van der Waals surface area contributed by atoms with Crippen molar-refractivity contribution < 1.29 is 42.4 Å². The van der Waals surface area contributed by atoms with Crippen LogP contribution < -0.4 is 4.74 Å². The number of nitrogens with zero attached hydrogens (tertiary/aromatic N) is 3. The van der Waals surface area contributed by atoms with E-state index in [1.807, 2.05) is 0 Å². The van der Waals surface area contributed by atoms with E-state index in [2.05, 4.69) is 14.8 Å². The predicted molar refractivity (Wildman–Crippen MR) is 153 cm³/mol. The number of thiazole rings is 1. The fraction of sp³-hybridized carbons (Fsp3) is 0.385. The Morgan fingerprint density at radius 1 is 1.29 bits per heavy atom. The van der Waals surface area contributed by atoms with E-state index in [-0.39, 0.29) is 35.3 Å². The Bertz CT molecular complexity index is 1480. The van der Waals surface area contributed by atoms with Crippen molar-refractivity contribution >= 4 is 71.1 Å². The second kappa shape index (κ2) is 13.6. The fourth-order valence-corrected chi connectivity index (χ4v) is 7.02. The topological polar surface area (TPSA) is 151 Å². The van der Waals surface area contributed by atoms with Gasteiger partial charge in [0.1, 0.15) is 29.1 Å². The van der Waals surface area contributed by atoms with Gasteiger partial charge in [-0.05, 0) is 37.1 Å². The number of carbonyl (C=O) groups is 4. The second-order valence-corrected chi connectivity index (χ2v) is 12.1. The van der Waals surface area contributed by atoms with Gasteiger partial charge in [0, 0.05) is 28.5 Å². The zero-order chi connectivity index (χ0) is 30.6. The molecule has 2 aromatic rings. The number of halogens is 1. The number of hydrogen-bond donors (Lipinski definition) is 0. The number of oxime groups is 1. The largest absolute Gasteiger partial charge is 0.541 e. The van der Waals surface area contributed by atoms with Crippen molar-refractivity contribution in [3.8, 4) is 5.75 Å². The standard InChI is InChI=1S/C26H25BClN3O9S2/c1-13(25(34)39-27)40-30-21(19-11-41-14(2)29-19)20(32)8-18-23(33)31-22(16(9-28)12-42(36)24(18)31)26(35)38-10-15-4-6-17(37-3)7-5-15/h4-7,11,13,18,24H,8-10,12H2,1-3H3/b30-21-/t13-,18+,24+,42?/m0/s1. The number of Topliss-reactive ketones (excluding diaryl/α,β-unsaturated/α-hetero) is 1. The molecule has 1 fully saturated rings. The summed E-state index contributed by atoms with van der Waals surface area (Å²) in [6.07, 6.45) is -1.63. The van der Waals surface area contributed by atoms with Crippen molar-refractivity contribution in [3.63, 3.8) is 0 Å². The Morgan fingerprint density at radius 2 is 2.00 bits per heavy atom. The molecule has 16 heteroatoms. The molecule has 3 heterocycles. The zero-order valence-electron chi connectivity index (χ0n) is 22.7. The number of fused-ring (bicyclic) bond motifs is 1. The first-order valence-electron chi connectivity index (χ1n) is 12.5. The van der Waals surface area contributed by atoms with Gasteiger partial charge in [-0.1, -0.05) is 17.3 Å². The van der Waals surface area contributed by atoms with Crippen molar-refractivity contribution in [1.29, 1.82) is 0 Å².